The van der Waals surface area contributed by atoms with Gasteiger partial charge in [0, 0.05) is 17.5 Å². The van der Waals surface area contributed by atoms with Crippen LogP contribution in [0, 0.1) is 6.92 Å². The number of aromatic nitrogens is 1. The number of aryl methyl sites for hydroxylation is 1. The van der Waals surface area contributed by atoms with Crippen molar-refractivity contribution in [2.45, 2.75) is 25.8 Å². The summed E-state index contributed by atoms with van der Waals surface area (Å²) in [4.78, 5) is 4.74. The summed E-state index contributed by atoms with van der Waals surface area (Å²) >= 11 is 0. The van der Waals surface area contributed by atoms with Crippen molar-refractivity contribution in [1.82, 2.24) is 10.3 Å². The first-order valence-electron chi connectivity index (χ1n) is 6.52. The van der Waals surface area contributed by atoms with Crippen LogP contribution in [0.4, 0.5) is 5.82 Å². The van der Waals surface area contributed by atoms with Crippen LogP contribution >= 0.6 is 0 Å². The van der Waals surface area contributed by atoms with Gasteiger partial charge in [-0.1, -0.05) is 18.2 Å². The first kappa shape index (κ1) is 11.5. The summed E-state index contributed by atoms with van der Waals surface area (Å²) in [5, 5.41) is 8.21. The summed E-state index contributed by atoms with van der Waals surface area (Å²) in [6, 6.07) is 10.5. The van der Waals surface area contributed by atoms with E-state index in [0.29, 0.717) is 0 Å². The Balaban J connectivity index is 1.98. The van der Waals surface area contributed by atoms with Crippen molar-refractivity contribution in [2.75, 3.05) is 18.4 Å². The number of nitrogens with one attached hydrogen (secondary N) is 2. The second-order valence-corrected chi connectivity index (χ2v) is 5.46. The van der Waals surface area contributed by atoms with Gasteiger partial charge in [0.1, 0.15) is 5.82 Å². The van der Waals surface area contributed by atoms with E-state index in [9.17, 15) is 0 Å². The average molecular weight is 241 g/mol. The standard InChI is InChI=1S/C15H19N3/c1-11-9-12-5-3-4-6-13(12)17-14(11)18-15(2)7-8-16-10-15/h3-6,9,16H,7-8,10H2,1-2H3,(H,17,18). The molecular formula is C15H19N3. The third-order valence-corrected chi connectivity index (χ3v) is 3.70. The normalized spacial score (nSPS) is 23.4. The van der Waals surface area contributed by atoms with E-state index < -0.39 is 0 Å². The van der Waals surface area contributed by atoms with Gasteiger partial charge in [-0.3, -0.25) is 0 Å². The van der Waals surface area contributed by atoms with Gasteiger partial charge in [-0.05, 0) is 44.5 Å². The lowest BCUT2D eigenvalue weighted by Crippen LogP contribution is -2.37. The molecule has 1 fully saturated rings. The highest BCUT2D eigenvalue weighted by Gasteiger charge is 2.28. The minimum Gasteiger partial charge on any atom is -0.363 e. The molecule has 0 saturated carbocycles. The van der Waals surface area contributed by atoms with E-state index in [1.807, 2.05) is 6.07 Å². The molecule has 0 radical (unpaired) electrons. The number of hydrogen-bond acceptors (Lipinski definition) is 3. The maximum atomic E-state index is 4.74. The quantitative estimate of drug-likeness (QED) is 0.849. The molecule has 3 heteroatoms. The van der Waals surface area contributed by atoms with Crippen LogP contribution in [0.15, 0.2) is 30.3 Å². The Morgan fingerprint density at radius 1 is 1.33 bits per heavy atom. The first-order valence-corrected chi connectivity index (χ1v) is 6.52. The molecule has 1 unspecified atom stereocenters. The largest absolute Gasteiger partial charge is 0.363 e. The molecule has 1 aliphatic rings. The maximum Gasteiger partial charge on any atom is 0.130 e. The Hall–Kier alpha value is -1.61. The van der Waals surface area contributed by atoms with Crippen molar-refractivity contribution in [3.8, 4) is 0 Å². The minimum atomic E-state index is 0.125. The molecule has 0 bridgehead atoms. The summed E-state index contributed by atoms with van der Waals surface area (Å²) in [7, 11) is 0. The molecule has 0 aliphatic carbocycles. The molecule has 0 amide bonds. The van der Waals surface area contributed by atoms with Gasteiger partial charge in [0.25, 0.3) is 0 Å². The number of fused-ring (bicyclic) bond motifs is 1. The lowest BCUT2D eigenvalue weighted by atomic mass is 10.0. The van der Waals surface area contributed by atoms with E-state index >= 15 is 0 Å². The zero-order valence-electron chi connectivity index (χ0n) is 11.0. The number of pyridine rings is 1. The zero-order valence-corrected chi connectivity index (χ0v) is 11.0. The van der Waals surface area contributed by atoms with Crippen molar-refractivity contribution in [3.05, 3.63) is 35.9 Å². The highest BCUT2D eigenvalue weighted by Crippen LogP contribution is 2.25. The van der Waals surface area contributed by atoms with Crippen molar-refractivity contribution < 1.29 is 0 Å². The Kier molecular flexibility index (Phi) is 2.71. The fraction of sp³-hybridized carbons (Fsp3) is 0.400. The number of hydrogen-bond donors (Lipinski definition) is 2. The fourth-order valence-electron chi connectivity index (χ4n) is 2.56. The summed E-state index contributed by atoms with van der Waals surface area (Å²) in [6.45, 7) is 6.45. The number of anilines is 1. The van der Waals surface area contributed by atoms with Crippen LogP contribution in [-0.2, 0) is 0 Å². The molecule has 1 atom stereocenters. The van der Waals surface area contributed by atoms with Gasteiger partial charge in [-0.2, -0.15) is 0 Å². The Labute approximate surface area is 108 Å². The monoisotopic (exact) mass is 241 g/mol. The Morgan fingerprint density at radius 2 is 2.17 bits per heavy atom. The molecular weight excluding hydrogens is 222 g/mol. The van der Waals surface area contributed by atoms with Gasteiger partial charge in [0.2, 0.25) is 0 Å². The second kappa shape index (κ2) is 4.25. The van der Waals surface area contributed by atoms with Crippen molar-refractivity contribution in [1.29, 1.82) is 0 Å². The highest BCUT2D eigenvalue weighted by atomic mass is 15.1. The van der Waals surface area contributed by atoms with E-state index in [-0.39, 0.29) is 5.54 Å². The molecule has 1 aromatic carbocycles. The van der Waals surface area contributed by atoms with Gasteiger partial charge in [0.15, 0.2) is 0 Å². The second-order valence-electron chi connectivity index (χ2n) is 5.46. The molecule has 3 nitrogen and oxygen atoms in total. The van der Waals surface area contributed by atoms with Gasteiger partial charge in [-0.25, -0.2) is 4.98 Å². The summed E-state index contributed by atoms with van der Waals surface area (Å²) < 4.78 is 0. The maximum absolute atomic E-state index is 4.74. The van der Waals surface area contributed by atoms with Crippen LogP contribution in [0.25, 0.3) is 10.9 Å². The van der Waals surface area contributed by atoms with Gasteiger partial charge in [-0.15, -0.1) is 0 Å². The molecule has 3 rings (SSSR count). The molecule has 18 heavy (non-hydrogen) atoms. The third-order valence-electron chi connectivity index (χ3n) is 3.70. The number of benzene rings is 1. The molecule has 1 aromatic heterocycles. The van der Waals surface area contributed by atoms with E-state index in [0.717, 1.165) is 30.8 Å². The third kappa shape index (κ3) is 2.06. The average Bonchev–Trinajstić information content (AvgIpc) is 2.77. The fourth-order valence-corrected chi connectivity index (χ4v) is 2.56. The molecule has 2 heterocycles. The molecule has 2 N–H and O–H groups in total. The smallest absolute Gasteiger partial charge is 0.130 e. The SMILES string of the molecule is Cc1cc2ccccc2nc1NC1(C)CCNC1. The van der Waals surface area contributed by atoms with E-state index in [1.165, 1.54) is 10.9 Å². The predicted molar refractivity (Wildman–Crippen MR) is 76.0 cm³/mol. The van der Waals surface area contributed by atoms with Crippen LogP contribution in [0.3, 0.4) is 0 Å². The van der Waals surface area contributed by atoms with Crippen LogP contribution in [0.2, 0.25) is 0 Å². The summed E-state index contributed by atoms with van der Waals surface area (Å²) in [5.74, 6) is 1.01. The number of nitrogens with zero attached hydrogens (tertiary/aromatic N) is 1. The van der Waals surface area contributed by atoms with Crippen molar-refractivity contribution in [2.24, 2.45) is 0 Å². The van der Waals surface area contributed by atoms with Crippen LogP contribution in [0.1, 0.15) is 18.9 Å². The highest BCUT2D eigenvalue weighted by molar-refractivity contribution is 5.81. The van der Waals surface area contributed by atoms with E-state index in [4.69, 9.17) is 4.98 Å². The van der Waals surface area contributed by atoms with Gasteiger partial charge in [0.05, 0.1) is 5.52 Å². The molecule has 1 aliphatic heterocycles. The molecule has 2 aromatic rings. The topological polar surface area (TPSA) is 37.0 Å². The minimum absolute atomic E-state index is 0.125. The van der Waals surface area contributed by atoms with Crippen molar-refractivity contribution >= 4 is 16.7 Å². The number of para-hydroxylation sites is 1. The predicted octanol–water partition coefficient (Wildman–Crippen LogP) is 2.71. The van der Waals surface area contributed by atoms with Crippen LogP contribution < -0.4 is 10.6 Å². The van der Waals surface area contributed by atoms with E-state index in [2.05, 4.69) is 48.7 Å². The van der Waals surface area contributed by atoms with Gasteiger partial charge < -0.3 is 10.6 Å². The Morgan fingerprint density at radius 3 is 2.94 bits per heavy atom. The van der Waals surface area contributed by atoms with Crippen LogP contribution in [0.5, 0.6) is 0 Å². The van der Waals surface area contributed by atoms with E-state index in [1.54, 1.807) is 0 Å². The lowest BCUT2D eigenvalue weighted by molar-refractivity contribution is 0.564. The van der Waals surface area contributed by atoms with Crippen LogP contribution in [-0.4, -0.2) is 23.6 Å². The Bertz CT molecular complexity index is 571. The molecule has 0 spiro atoms. The molecule has 1 saturated heterocycles. The lowest BCUT2D eigenvalue weighted by Gasteiger charge is -2.26. The summed E-state index contributed by atoms with van der Waals surface area (Å²) in [6.07, 6.45) is 1.14. The molecule has 94 valence electrons. The van der Waals surface area contributed by atoms with Gasteiger partial charge >= 0.3 is 0 Å². The summed E-state index contributed by atoms with van der Waals surface area (Å²) in [5.41, 5.74) is 2.39. The number of rotatable bonds is 2. The first-order chi connectivity index (χ1) is 8.66. The van der Waals surface area contributed by atoms with Crippen molar-refractivity contribution in [3.63, 3.8) is 0 Å². The zero-order chi connectivity index (χ0) is 12.6.